The number of nitro benzene ring substituents is 1. The second kappa shape index (κ2) is 8.70. The van der Waals surface area contributed by atoms with Crippen LogP contribution in [0.5, 0.6) is 5.75 Å². The number of carbonyl (C=O) groups is 2. The van der Waals surface area contributed by atoms with E-state index in [4.69, 9.17) is 14.2 Å². The fraction of sp³-hybridized carbons (Fsp3) is 0.200. The Bertz CT molecular complexity index is 1070. The van der Waals surface area contributed by atoms with E-state index in [0.717, 1.165) is 15.8 Å². The molecule has 0 aliphatic carbocycles. The molecule has 0 spiro atoms. The summed E-state index contributed by atoms with van der Waals surface area (Å²) in [6.07, 6.45) is 0. The Hall–Kier alpha value is -3.46. The van der Waals surface area contributed by atoms with Gasteiger partial charge < -0.3 is 14.2 Å². The molecular formula is C20H17NO7S. The summed E-state index contributed by atoms with van der Waals surface area (Å²) < 4.78 is 16.0. The molecule has 0 bridgehead atoms. The van der Waals surface area contributed by atoms with E-state index in [9.17, 15) is 19.7 Å². The van der Waals surface area contributed by atoms with Crippen molar-refractivity contribution in [2.24, 2.45) is 0 Å². The molecule has 0 atom stereocenters. The lowest BCUT2D eigenvalue weighted by Gasteiger charge is -2.07. The number of carbonyl (C=O) groups excluding carboxylic acids is 2. The van der Waals surface area contributed by atoms with Gasteiger partial charge in [0.05, 0.1) is 18.6 Å². The van der Waals surface area contributed by atoms with Crippen LogP contribution in [0, 0.1) is 10.1 Å². The van der Waals surface area contributed by atoms with Crippen LogP contribution in [0.1, 0.15) is 16.6 Å². The Morgan fingerprint density at radius 2 is 1.79 bits per heavy atom. The lowest BCUT2D eigenvalue weighted by molar-refractivity contribution is -0.384. The highest BCUT2D eigenvalue weighted by atomic mass is 32.1. The van der Waals surface area contributed by atoms with Crippen LogP contribution >= 0.6 is 11.3 Å². The van der Waals surface area contributed by atoms with Crippen LogP contribution in [-0.2, 0) is 14.3 Å². The Kier molecular flexibility index (Phi) is 6.08. The van der Waals surface area contributed by atoms with Crippen molar-refractivity contribution in [2.45, 2.75) is 6.92 Å². The molecule has 3 rings (SSSR count). The first-order valence-corrected chi connectivity index (χ1v) is 9.44. The standard InChI is InChI=1S/C20H17NO7S/c1-3-27-17(22)11-28-18-15-9-6-13(10-16(15)29-19(18)20(23)26-2)12-4-7-14(8-5-12)21(24)25/h4-10H,3,11H2,1-2H3. The molecule has 3 aromatic rings. The zero-order valence-corrected chi connectivity index (χ0v) is 16.5. The fourth-order valence-corrected chi connectivity index (χ4v) is 3.84. The highest BCUT2D eigenvalue weighted by Crippen LogP contribution is 2.40. The first-order chi connectivity index (χ1) is 13.9. The van der Waals surface area contributed by atoms with Gasteiger partial charge in [-0.25, -0.2) is 9.59 Å². The van der Waals surface area contributed by atoms with E-state index >= 15 is 0 Å². The van der Waals surface area contributed by atoms with E-state index in [1.807, 2.05) is 12.1 Å². The van der Waals surface area contributed by atoms with Crippen molar-refractivity contribution in [3.63, 3.8) is 0 Å². The first kappa shape index (κ1) is 20.3. The summed E-state index contributed by atoms with van der Waals surface area (Å²) in [5, 5.41) is 11.5. The largest absolute Gasteiger partial charge is 0.479 e. The minimum atomic E-state index is -0.568. The number of ether oxygens (including phenoxy) is 3. The number of thiophene rings is 1. The second-order valence-corrected chi connectivity index (χ2v) is 6.91. The van der Waals surface area contributed by atoms with Gasteiger partial charge in [-0.15, -0.1) is 11.3 Å². The molecule has 0 saturated heterocycles. The molecule has 9 heteroatoms. The molecule has 2 aromatic carbocycles. The number of rotatable bonds is 7. The lowest BCUT2D eigenvalue weighted by Crippen LogP contribution is -2.15. The normalized spacial score (nSPS) is 10.6. The number of nitro groups is 1. The van der Waals surface area contributed by atoms with Gasteiger partial charge >= 0.3 is 11.9 Å². The third kappa shape index (κ3) is 4.35. The number of hydrogen-bond acceptors (Lipinski definition) is 8. The van der Waals surface area contributed by atoms with Crippen molar-refractivity contribution < 1.29 is 28.7 Å². The zero-order chi connectivity index (χ0) is 21.0. The van der Waals surface area contributed by atoms with Crippen LogP contribution in [-0.4, -0.2) is 37.2 Å². The maximum Gasteiger partial charge on any atom is 0.351 e. The molecule has 8 nitrogen and oxygen atoms in total. The molecule has 1 heterocycles. The summed E-state index contributed by atoms with van der Waals surface area (Å²) >= 11 is 1.18. The molecule has 1 aromatic heterocycles. The Labute approximate surface area is 169 Å². The quantitative estimate of drug-likeness (QED) is 0.323. The topological polar surface area (TPSA) is 105 Å². The Balaban J connectivity index is 1.99. The van der Waals surface area contributed by atoms with Gasteiger partial charge in [-0.2, -0.15) is 0 Å². The van der Waals surface area contributed by atoms with Crippen molar-refractivity contribution in [1.29, 1.82) is 0 Å². The summed E-state index contributed by atoms with van der Waals surface area (Å²) in [5.41, 5.74) is 1.62. The molecular weight excluding hydrogens is 398 g/mol. The maximum atomic E-state index is 12.2. The molecule has 0 amide bonds. The number of fused-ring (bicyclic) bond motifs is 1. The Morgan fingerprint density at radius 3 is 2.41 bits per heavy atom. The smallest absolute Gasteiger partial charge is 0.351 e. The number of nitrogens with zero attached hydrogens (tertiary/aromatic N) is 1. The Morgan fingerprint density at radius 1 is 1.10 bits per heavy atom. The molecule has 150 valence electrons. The van der Waals surface area contributed by atoms with Crippen LogP contribution in [0.15, 0.2) is 42.5 Å². The SMILES string of the molecule is CCOC(=O)COc1c(C(=O)OC)sc2cc(-c3ccc([N+](=O)[O-])cc3)ccc12. The lowest BCUT2D eigenvalue weighted by atomic mass is 10.0. The highest BCUT2D eigenvalue weighted by Gasteiger charge is 2.22. The third-order valence-corrected chi connectivity index (χ3v) is 5.18. The van der Waals surface area contributed by atoms with E-state index in [1.165, 1.54) is 30.6 Å². The number of non-ortho nitro benzene ring substituents is 1. The van der Waals surface area contributed by atoms with E-state index < -0.39 is 16.9 Å². The van der Waals surface area contributed by atoms with Crippen LogP contribution in [0.3, 0.4) is 0 Å². The van der Waals surface area contributed by atoms with E-state index in [0.29, 0.717) is 5.39 Å². The molecule has 0 aliphatic rings. The van der Waals surface area contributed by atoms with Crippen molar-refractivity contribution in [2.75, 3.05) is 20.3 Å². The molecule has 0 unspecified atom stereocenters. The van der Waals surface area contributed by atoms with Gasteiger partial charge in [0.25, 0.3) is 5.69 Å². The number of esters is 2. The summed E-state index contributed by atoms with van der Waals surface area (Å²) in [6.45, 7) is 1.60. The molecule has 0 fully saturated rings. The van der Waals surface area contributed by atoms with Crippen molar-refractivity contribution >= 4 is 39.0 Å². The highest BCUT2D eigenvalue weighted by molar-refractivity contribution is 7.21. The first-order valence-electron chi connectivity index (χ1n) is 8.62. The van der Waals surface area contributed by atoms with Gasteiger partial charge in [-0.1, -0.05) is 6.07 Å². The number of methoxy groups -OCH3 is 1. The van der Waals surface area contributed by atoms with Crippen molar-refractivity contribution in [3.8, 4) is 16.9 Å². The number of benzene rings is 2. The van der Waals surface area contributed by atoms with Crippen LogP contribution in [0.4, 0.5) is 5.69 Å². The van der Waals surface area contributed by atoms with Gasteiger partial charge in [0.15, 0.2) is 17.2 Å². The zero-order valence-electron chi connectivity index (χ0n) is 15.7. The predicted molar refractivity (Wildman–Crippen MR) is 107 cm³/mol. The van der Waals surface area contributed by atoms with E-state index in [2.05, 4.69) is 0 Å². The van der Waals surface area contributed by atoms with Crippen LogP contribution in [0.25, 0.3) is 21.2 Å². The fourth-order valence-electron chi connectivity index (χ4n) is 2.73. The third-order valence-electron chi connectivity index (χ3n) is 4.07. The van der Waals surface area contributed by atoms with Crippen LogP contribution < -0.4 is 4.74 Å². The van der Waals surface area contributed by atoms with Crippen molar-refractivity contribution in [1.82, 2.24) is 0 Å². The maximum absolute atomic E-state index is 12.2. The molecule has 0 radical (unpaired) electrons. The summed E-state index contributed by atoms with van der Waals surface area (Å²) in [7, 11) is 1.27. The average Bonchev–Trinajstić information content (AvgIpc) is 3.09. The summed E-state index contributed by atoms with van der Waals surface area (Å²) in [4.78, 5) is 34.4. The molecule has 0 N–H and O–H groups in total. The van der Waals surface area contributed by atoms with Crippen molar-refractivity contribution in [3.05, 3.63) is 57.5 Å². The van der Waals surface area contributed by atoms with E-state index in [1.54, 1.807) is 25.1 Å². The second-order valence-electron chi connectivity index (χ2n) is 5.86. The average molecular weight is 415 g/mol. The predicted octanol–water partition coefficient (Wildman–Crippen LogP) is 4.21. The van der Waals surface area contributed by atoms with Gasteiger partial charge in [0, 0.05) is 22.2 Å². The minimum Gasteiger partial charge on any atom is -0.479 e. The molecule has 0 aliphatic heterocycles. The van der Waals surface area contributed by atoms with Gasteiger partial charge in [0.1, 0.15) is 0 Å². The number of hydrogen-bond donors (Lipinski definition) is 0. The monoisotopic (exact) mass is 415 g/mol. The van der Waals surface area contributed by atoms with E-state index in [-0.39, 0.29) is 29.5 Å². The summed E-state index contributed by atoms with van der Waals surface area (Å²) in [6, 6.07) is 11.6. The van der Waals surface area contributed by atoms with Crippen LogP contribution in [0.2, 0.25) is 0 Å². The van der Waals surface area contributed by atoms with Gasteiger partial charge in [-0.3, -0.25) is 10.1 Å². The minimum absolute atomic E-state index is 0.00795. The van der Waals surface area contributed by atoms with Gasteiger partial charge in [-0.05, 0) is 42.3 Å². The summed E-state index contributed by atoms with van der Waals surface area (Å²) in [5.74, 6) is -0.840. The molecule has 29 heavy (non-hydrogen) atoms. The molecule has 0 saturated carbocycles. The van der Waals surface area contributed by atoms with Gasteiger partial charge in [0.2, 0.25) is 0 Å².